The predicted octanol–water partition coefficient (Wildman–Crippen LogP) is 5.88. The van der Waals surface area contributed by atoms with Crippen LogP contribution in [0, 0.1) is 20.8 Å². The summed E-state index contributed by atoms with van der Waals surface area (Å²) in [7, 11) is 1.88. The number of benzene rings is 2. The number of carbonyl (C=O) groups excluding carboxylic acids is 1. The van der Waals surface area contributed by atoms with Crippen molar-refractivity contribution in [2.24, 2.45) is 7.05 Å². The molecule has 0 bridgehead atoms. The van der Waals surface area contributed by atoms with Crippen LogP contribution in [0.25, 0.3) is 11.4 Å². The van der Waals surface area contributed by atoms with Gasteiger partial charge in [0.25, 0.3) is 0 Å². The van der Waals surface area contributed by atoms with Gasteiger partial charge in [-0.2, -0.15) is 0 Å². The van der Waals surface area contributed by atoms with Crippen LogP contribution in [0.3, 0.4) is 0 Å². The van der Waals surface area contributed by atoms with Gasteiger partial charge in [0.2, 0.25) is 5.91 Å². The molecule has 2 heterocycles. The van der Waals surface area contributed by atoms with Gasteiger partial charge in [-0.25, -0.2) is 0 Å². The standard InChI is InChI=1S/C24H24N4O2S2/c1-15-5-6-16(2)21(13-15)32-19-9-7-18(8-10-19)25-22(29)14-31-24-27-26-23(28(24)4)20-11-12-30-17(20)3/h5-13H,14H2,1-4H3,(H,25,29). The molecule has 0 atom stereocenters. The highest BCUT2D eigenvalue weighted by atomic mass is 32.2. The van der Waals surface area contributed by atoms with Crippen molar-refractivity contribution >= 4 is 35.1 Å². The second-order valence-corrected chi connectivity index (χ2v) is 9.55. The molecule has 0 unspecified atom stereocenters. The Morgan fingerprint density at radius 3 is 2.56 bits per heavy atom. The first-order valence-corrected chi connectivity index (χ1v) is 11.9. The summed E-state index contributed by atoms with van der Waals surface area (Å²) in [5.41, 5.74) is 4.17. The molecule has 32 heavy (non-hydrogen) atoms. The van der Waals surface area contributed by atoms with Crippen LogP contribution in [-0.4, -0.2) is 26.4 Å². The highest BCUT2D eigenvalue weighted by molar-refractivity contribution is 7.99. The molecule has 0 fully saturated rings. The Kier molecular flexibility index (Phi) is 6.72. The lowest BCUT2D eigenvalue weighted by atomic mass is 10.2. The van der Waals surface area contributed by atoms with Gasteiger partial charge in [0.05, 0.1) is 17.6 Å². The molecule has 8 heteroatoms. The minimum atomic E-state index is -0.0889. The Balaban J connectivity index is 1.33. The summed E-state index contributed by atoms with van der Waals surface area (Å²) < 4.78 is 7.22. The molecule has 4 aromatic rings. The number of hydrogen-bond donors (Lipinski definition) is 1. The average molecular weight is 465 g/mol. The zero-order valence-electron chi connectivity index (χ0n) is 18.4. The summed E-state index contributed by atoms with van der Waals surface area (Å²) in [5, 5.41) is 12.1. The van der Waals surface area contributed by atoms with Crippen molar-refractivity contribution in [2.45, 2.75) is 35.7 Å². The molecule has 0 saturated carbocycles. The van der Waals surface area contributed by atoms with Crippen LogP contribution in [0.1, 0.15) is 16.9 Å². The van der Waals surface area contributed by atoms with E-state index >= 15 is 0 Å². The fourth-order valence-corrected chi connectivity index (χ4v) is 4.88. The fourth-order valence-electron chi connectivity index (χ4n) is 3.17. The Morgan fingerprint density at radius 1 is 1.06 bits per heavy atom. The monoisotopic (exact) mass is 464 g/mol. The summed E-state index contributed by atoms with van der Waals surface area (Å²) in [6, 6.07) is 16.2. The molecule has 2 aromatic heterocycles. The third kappa shape index (κ3) is 5.08. The van der Waals surface area contributed by atoms with Gasteiger partial charge < -0.3 is 14.3 Å². The molecule has 0 aliphatic carbocycles. The fraction of sp³-hybridized carbons (Fsp3) is 0.208. The minimum Gasteiger partial charge on any atom is -0.469 e. The predicted molar refractivity (Wildman–Crippen MR) is 129 cm³/mol. The Morgan fingerprint density at radius 2 is 1.84 bits per heavy atom. The lowest BCUT2D eigenvalue weighted by molar-refractivity contribution is -0.113. The topological polar surface area (TPSA) is 73.0 Å². The van der Waals surface area contributed by atoms with E-state index in [2.05, 4.69) is 47.6 Å². The smallest absolute Gasteiger partial charge is 0.234 e. The normalized spacial score (nSPS) is 11.0. The number of rotatable bonds is 7. The van der Waals surface area contributed by atoms with Gasteiger partial charge in [-0.05, 0) is 68.3 Å². The first-order valence-electron chi connectivity index (χ1n) is 10.1. The summed E-state index contributed by atoms with van der Waals surface area (Å²) in [6.07, 6.45) is 1.63. The van der Waals surface area contributed by atoms with Crippen molar-refractivity contribution in [3.05, 3.63) is 71.7 Å². The van der Waals surface area contributed by atoms with Crippen molar-refractivity contribution in [2.75, 3.05) is 11.1 Å². The third-order valence-electron chi connectivity index (χ3n) is 4.98. The number of nitrogens with one attached hydrogen (secondary N) is 1. The van der Waals surface area contributed by atoms with Crippen LogP contribution in [0.5, 0.6) is 0 Å². The van der Waals surface area contributed by atoms with Crippen molar-refractivity contribution in [1.82, 2.24) is 14.8 Å². The number of carbonyl (C=O) groups is 1. The van der Waals surface area contributed by atoms with Crippen molar-refractivity contribution in [3.8, 4) is 11.4 Å². The quantitative estimate of drug-likeness (QED) is 0.344. The van der Waals surface area contributed by atoms with Gasteiger partial charge in [0.1, 0.15) is 5.76 Å². The van der Waals surface area contributed by atoms with E-state index in [1.165, 1.54) is 27.8 Å². The van der Waals surface area contributed by atoms with E-state index in [0.29, 0.717) is 5.16 Å². The van der Waals surface area contributed by atoms with Crippen LogP contribution in [-0.2, 0) is 11.8 Å². The minimum absolute atomic E-state index is 0.0889. The van der Waals surface area contributed by atoms with E-state index in [4.69, 9.17) is 4.42 Å². The van der Waals surface area contributed by atoms with Crippen LogP contribution >= 0.6 is 23.5 Å². The molecule has 0 aliphatic heterocycles. The summed E-state index contributed by atoms with van der Waals surface area (Å²) in [6.45, 7) is 6.10. The summed E-state index contributed by atoms with van der Waals surface area (Å²) >= 11 is 3.07. The lowest BCUT2D eigenvalue weighted by Gasteiger charge is -2.09. The zero-order valence-corrected chi connectivity index (χ0v) is 20.0. The maximum Gasteiger partial charge on any atom is 0.234 e. The van der Waals surface area contributed by atoms with Crippen LogP contribution < -0.4 is 5.32 Å². The largest absolute Gasteiger partial charge is 0.469 e. The first kappa shape index (κ1) is 22.2. The highest BCUT2D eigenvalue weighted by Gasteiger charge is 2.16. The van der Waals surface area contributed by atoms with Gasteiger partial charge in [-0.1, -0.05) is 35.7 Å². The molecule has 2 aromatic carbocycles. The molecular formula is C24H24N4O2S2. The summed E-state index contributed by atoms with van der Waals surface area (Å²) in [5.74, 6) is 1.66. The number of nitrogens with zero attached hydrogens (tertiary/aromatic N) is 3. The number of amides is 1. The number of thioether (sulfide) groups is 1. The van der Waals surface area contributed by atoms with Crippen molar-refractivity contribution in [3.63, 3.8) is 0 Å². The van der Waals surface area contributed by atoms with Crippen LogP contribution in [0.15, 0.2) is 74.2 Å². The van der Waals surface area contributed by atoms with E-state index in [0.717, 1.165) is 27.7 Å². The van der Waals surface area contributed by atoms with Crippen molar-refractivity contribution in [1.29, 1.82) is 0 Å². The molecule has 0 radical (unpaired) electrons. The molecular weight excluding hydrogens is 440 g/mol. The highest BCUT2D eigenvalue weighted by Crippen LogP contribution is 2.32. The number of aryl methyl sites for hydroxylation is 3. The van der Waals surface area contributed by atoms with Crippen LogP contribution in [0.2, 0.25) is 0 Å². The SMILES string of the molecule is Cc1ccc(C)c(Sc2ccc(NC(=O)CSc3nnc(-c4ccoc4C)n3C)cc2)c1. The maximum absolute atomic E-state index is 12.4. The van der Waals surface area contributed by atoms with E-state index in [-0.39, 0.29) is 11.7 Å². The zero-order chi connectivity index (χ0) is 22.7. The van der Waals surface area contributed by atoms with Gasteiger partial charge in [-0.15, -0.1) is 10.2 Å². The Bertz CT molecular complexity index is 1250. The number of anilines is 1. The third-order valence-corrected chi connectivity index (χ3v) is 7.16. The van der Waals surface area contributed by atoms with Crippen LogP contribution in [0.4, 0.5) is 5.69 Å². The first-order chi connectivity index (χ1) is 15.4. The van der Waals surface area contributed by atoms with Gasteiger partial charge in [0, 0.05) is 22.5 Å². The molecule has 1 N–H and O–H groups in total. The molecule has 164 valence electrons. The summed E-state index contributed by atoms with van der Waals surface area (Å²) in [4.78, 5) is 14.8. The molecule has 1 amide bonds. The number of furan rings is 1. The molecule has 4 rings (SSSR count). The van der Waals surface area contributed by atoms with Gasteiger partial charge >= 0.3 is 0 Å². The molecule has 0 spiro atoms. The Hall–Kier alpha value is -2.97. The molecule has 0 aliphatic rings. The van der Waals surface area contributed by atoms with Crippen molar-refractivity contribution < 1.29 is 9.21 Å². The van der Waals surface area contributed by atoms with Gasteiger partial charge in [-0.3, -0.25) is 4.79 Å². The molecule has 0 saturated heterocycles. The van der Waals surface area contributed by atoms with E-state index in [1.807, 2.05) is 48.9 Å². The van der Waals surface area contributed by atoms with E-state index in [1.54, 1.807) is 18.0 Å². The maximum atomic E-state index is 12.4. The number of aromatic nitrogens is 3. The average Bonchev–Trinajstić information content (AvgIpc) is 3.35. The lowest BCUT2D eigenvalue weighted by Crippen LogP contribution is -2.14. The Labute approximate surface area is 195 Å². The number of hydrogen-bond acceptors (Lipinski definition) is 6. The second kappa shape index (κ2) is 9.67. The second-order valence-electron chi connectivity index (χ2n) is 7.49. The van der Waals surface area contributed by atoms with Gasteiger partial charge in [0.15, 0.2) is 11.0 Å². The van der Waals surface area contributed by atoms with E-state index in [9.17, 15) is 4.79 Å². The van der Waals surface area contributed by atoms with E-state index < -0.39 is 0 Å². The molecule has 6 nitrogen and oxygen atoms in total.